The van der Waals surface area contributed by atoms with Crippen molar-refractivity contribution >= 4 is 23.7 Å². The number of nitrogens with two attached hydrogens (primary N) is 1. The summed E-state index contributed by atoms with van der Waals surface area (Å²) in [6, 6.07) is 0. The highest BCUT2D eigenvalue weighted by Gasteiger charge is 2.34. The summed E-state index contributed by atoms with van der Waals surface area (Å²) in [6.07, 6.45) is 3.03. The van der Waals surface area contributed by atoms with Crippen molar-refractivity contribution in [1.29, 1.82) is 0 Å². The van der Waals surface area contributed by atoms with E-state index < -0.39 is 11.6 Å². The first-order valence-electron chi connectivity index (χ1n) is 9.09. The van der Waals surface area contributed by atoms with Gasteiger partial charge in [-0.15, -0.1) is 0 Å². The molecule has 3 rings (SSSR count). The number of likely N-dealkylation sites (tertiary alicyclic amines) is 1. The predicted octanol–water partition coefficient (Wildman–Crippen LogP) is 3.30. The Bertz CT molecular complexity index is 740. The smallest absolute Gasteiger partial charge is 0.410 e. The first-order valence-corrected chi connectivity index (χ1v) is 9.47. The molecule has 0 aromatic rings. The molecule has 0 atom stereocenters. The second kappa shape index (κ2) is 7.46. The molecule has 1 fully saturated rings. The van der Waals surface area contributed by atoms with Gasteiger partial charge in [-0.2, -0.15) is 0 Å². The van der Waals surface area contributed by atoms with Gasteiger partial charge in [0, 0.05) is 31.5 Å². The van der Waals surface area contributed by atoms with Crippen molar-refractivity contribution in [2.24, 2.45) is 5.73 Å². The summed E-state index contributed by atoms with van der Waals surface area (Å²) >= 11 is 5.97. The highest BCUT2D eigenvalue weighted by molar-refractivity contribution is 6.32. The number of esters is 1. The van der Waals surface area contributed by atoms with E-state index in [-0.39, 0.29) is 12.2 Å². The summed E-state index contributed by atoms with van der Waals surface area (Å²) in [5.74, 6) is 0.0723. The van der Waals surface area contributed by atoms with E-state index in [1.54, 1.807) is 4.90 Å². The highest BCUT2D eigenvalue weighted by atomic mass is 35.5. The quantitative estimate of drug-likeness (QED) is 0.720. The number of hydrogen-bond acceptors (Lipinski definition) is 6. The molecule has 1 amide bonds. The Labute approximate surface area is 163 Å². The molecule has 2 N–H and O–H groups in total. The van der Waals surface area contributed by atoms with E-state index in [9.17, 15) is 9.59 Å². The van der Waals surface area contributed by atoms with E-state index in [1.807, 2.05) is 20.8 Å². The number of piperidine rings is 1. The molecule has 8 heteroatoms. The van der Waals surface area contributed by atoms with Gasteiger partial charge in [-0.05, 0) is 33.6 Å². The first kappa shape index (κ1) is 19.6. The molecule has 0 saturated carbocycles. The number of carbonyl (C=O) groups excluding carboxylic acids is 2. The molecule has 3 aliphatic rings. The van der Waals surface area contributed by atoms with Crippen LogP contribution in [0.25, 0.3) is 0 Å². The van der Waals surface area contributed by atoms with Gasteiger partial charge < -0.3 is 24.8 Å². The van der Waals surface area contributed by atoms with Crippen LogP contribution in [0.2, 0.25) is 0 Å². The van der Waals surface area contributed by atoms with Crippen LogP contribution in [0.15, 0.2) is 33.9 Å². The van der Waals surface area contributed by atoms with Gasteiger partial charge in [0.05, 0.1) is 16.3 Å². The molecule has 0 radical (unpaired) electrons. The zero-order valence-corrected chi connectivity index (χ0v) is 16.6. The second-order valence-electron chi connectivity index (χ2n) is 7.86. The number of nitrogens with zero attached hydrogens (tertiary/aromatic N) is 1. The summed E-state index contributed by atoms with van der Waals surface area (Å²) in [7, 11) is 0. The maximum Gasteiger partial charge on any atom is 0.410 e. The van der Waals surface area contributed by atoms with Gasteiger partial charge >= 0.3 is 12.1 Å². The number of rotatable bonds is 2. The van der Waals surface area contributed by atoms with Crippen LogP contribution < -0.4 is 5.73 Å². The van der Waals surface area contributed by atoms with E-state index in [1.165, 1.54) is 6.26 Å². The Morgan fingerprint density at radius 1 is 1.26 bits per heavy atom. The van der Waals surface area contributed by atoms with Gasteiger partial charge in [0.2, 0.25) is 0 Å². The molecule has 2 heterocycles. The maximum absolute atomic E-state index is 12.6. The van der Waals surface area contributed by atoms with Crippen molar-refractivity contribution in [1.82, 2.24) is 4.90 Å². The molecule has 0 spiro atoms. The topological polar surface area (TPSA) is 91.1 Å². The number of carbonyl (C=O) groups is 2. The molecule has 7 nitrogen and oxygen atoms in total. The minimum absolute atomic E-state index is 0.239. The van der Waals surface area contributed by atoms with E-state index >= 15 is 0 Å². The fraction of sp³-hybridized carbons (Fsp3) is 0.579. The molecule has 2 aliphatic heterocycles. The van der Waals surface area contributed by atoms with E-state index in [2.05, 4.69) is 0 Å². The zero-order chi connectivity index (χ0) is 19.8. The third-order valence-electron chi connectivity index (χ3n) is 4.65. The lowest BCUT2D eigenvalue weighted by atomic mass is 10.1. The maximum atomic E-state index is 12.6. The molecule has 1 aliphatic carbocycles. The van der Waals surface area contributed by atoms with Gasteiger partial charge in [0.25, 0.3) is 0 Å². The molecule has 0 aromatic heterocycles. The van der Waals surface area contributed by atoms with Crippen LogP contribution >= 0.6 is 11.6 Å². The van der Waals surface area contributed by atoms with Gasteiger partial charge in [-0.3, -0.25) is 0 Å². The van der Waals surface area contributed by atoms with Crippen molar-refractivity contribution in [3.05, 3.63) is 33.9 Å². The van der Waals surface area contributed by atoms with Crippen LogP contribution in [-0.2, 0) is 19.0 Å². The summed E-state index contributed by atoms with van der Waals surface area (Å²) < 4.78 is 16.5. The van der Waals surface area contributed by atoms with Crippen LogP contribution in [0.4, 0.5) is 4.79 Å². The number of ether oxygens (including phenoxy) is 3. The monoisotopic (exact) mass is 396 g/mol. The average molecular weight is 397 g/mol. The van der Waals surface area contributed by atoms with Crippen LogP contribution in [0.1, 0.15) is 46.5 Å². The van der Waals surface area contributed by atoms with Gasteiger partial charge in [-0.25, -0.2) is 9.59 Å². The van der Waals surface area contributed by atoms with Crippen LogP contribution in [0.5, 0.6) is 0 Å². The zero-order valence-electron chi connectivity index (χ0n) is 15.8. The van der Waals surface area contributed by atoms with E-state index in [0.29, 0.717) is 60.8 Å². The van der Waals surface area contributed by atoms with Crippen molar-refractivity contribution in [3.8, 4) is 0 Å². The molecule has 1 saturated heterocycles. The Hall–Kier alpha value is -2.15. The molecule has 0 bridgehead atoms. The second-order valence-corrected chi connectivity index (χ2v) is 8.26. The molecular weight excluding hydrogens is 372 g/mol. The van der Waals surface area contributed by atoms with Crippen molar-refractivity contribution in [2.45, 2.75) is 58.2 Å². The van der Waals surface area contributed by atoms with E-state index in [4.69, 9.17) is 31.5 Å². The Balaban J connectivity index is 1.56. The van der Waals surface area contributed by atoms with E-state index in [0.717, 1.165) is 5.57 Å². The fourth-order valence-electron chi connectivity index (χ4n) is 3.28. The molecule has 148 valence electrons. The first-order chi connectivity index (χ1) is 12.7. The minimum atomic E-state index is -0.527. The van der Waals surface area contributed by atoms with Gasteiger partial charge in [0.15, 0.2) is 0 Å². The number of hydrogen-bond donors (Lipinski definition) is 1. The molecule has 0 aromatic carbocycles. The summed E-state index contributed by atoms with van der Waals surface area (Å²) in [4.78, 5) is 26.3. The molecule has 0 unspecified atom stereocenters. The largest absolute Gasteiger partial charge is 0.462 e. The lowest BCUT2D eigenvalue weighted by Gasteiger charge is -2.33. The average Bonchev–Trinajstić information content (AvgIpc) is 3.02. The van der Waals surface area contributed by atoms with Crippen molar-refractivity contribution < 1.29 is 23.8 Å². The SMILES string of the molecule is CC(C)(C)OC(=O)N1CCC(OC(=O)C2=C3OC=C(Cl)C(N)=C3CC2)CC1. The summed E-state index contributed by atoms with van der Waals surface area (Å²) in [6.45, 7) is 6.49. The number of allylic oxidation sites excluding steroid dienone is 2. The van der Waals surface area contributed by atoms with Crippen LogP contribution in [0.3, 0.4) is 0 Å². The minimum Gasteiger partial charge on any atom is -0.462 e. The molecular formula is C19H25ClN2O5. The Kier molecular flexibility index (Phi) is 5.42. The third-order valence-corrected chi connectivity index (χ3v) is 4.94. The van der Waals surface area contributed by atoms with Gasteiger partial charge in [-0.1, -0.05) is 11.6 Å². The highest BCUT2D eigenvalue weighted by Crippen LogP contribution is 2.39. The lowest BCUT2D eigenvalue weighted by Crippen LogP contribution is -2.43. The van der Waals surface area contributed by atoms with Crippen molar-refractivity contribution in [3.63, 3.8) is 0 Å². The van der Waals surface area contributed by atoms with Gasteiger partial charge in [0.1, 0.15) is 23.7 Å². The fourth-order valence-corrected chi connectivity index (χ4v) is 3.44. The third kappa shape index (κ3) is 4.40. The van der Waals surface area contributed by atoms with Crippen molar-refractivity contribution in [2.75, 3.05) is 13.1 Å². The normalized spacial score (nSPS) is 20.9. The molecule has 27 heavy (non-hydrogen) atoms. The predicted molar refractivity (Wildman–Crippen MR) is 99.4 cm³/mol. The van der Waals surface area contributed by atoms with Crippen LogP contribution in [0, 0.1) is 0 Å². The lowest BCUT2D eigenvalue weighted by molar-refractivity contribution is -0.146. The Morgan fingerprint density at radius 3 is 2.56 bits per heavy atom. The van der Waals surface area contributed by atoms with Crippen LogP contribution in [-0.4, -0.2) is 41.8 Å². The summed E-state index contributed by atoms with van der Waals surface area (Å²) in [5, 5.41) is 0.345. The number of amides is 1. The standard InChI is InChI=1S/C19H25ClN2O5/c1-19(2,3)27-18(24)22-8-6-11(7-9-22)26-17(23)13-5-4-12-15(21)14(20)10-25-16(12)13/h10-11H,4-9,21H2,1-3H3. The summed E-state index contributed by atoms with van der Waals surface area (Å²) in [5.41, 5.74) is 7.13. The number of fused-ring (bicyclic) bond motifs is 1. The number of halogens is 1. The Morgan fingerprint density at radius 2 is 1.93 bits per heavy atom.